The lowest BCUT2D eigenvalue weighted by molar-refractivity contribution is 1.02. The molecule has 0 amide bonds. The topological polar surface area (TPSA) is 20.7 Å². The van der Waals surface area contributed by atoms with E-state index in [1.54, 1.807) is 0 Å². The molecule has 266 valence electrons. The number of rotatable bonds is 4. The molecule has 1 N–H and O–H groups in total. The summed E-state index contributed by atoms with van der Waals surface area (Å²) in [5, 5.41) is 12.5. The maximum atomic E-state index is 3.81. The molecular weight excluding hydrogens is 689 g/mol. The SMILES string of the molecule is Cn1c2ccccc2c2cccc(-c3cccc4c(-c5ccc(-c6ccccc6)c6ccccc56)c5cccc(-c6cccc7c6[nH]c6ccccc67)c5cc34)c21. The molecule has 0 saturated heterocycles. The molecule has 0 bridgehead atoms. The highest BCUT2D eigenvalue weighted by atomic mass is 14.9. The second-order valence-corrected chi connectivity index (χ2v) is 15.3. The van der Waals surface area contributed by atoms with Crippen molar-refractivity contribution in [3.8, 4) is 44.5 Å². The highest BCUT2D eigenvalue weighted by Gasteiger charge is 2.21. The quantitative estimate of drug-likeness (QED) is 0.175. The summed E-state index contributed by atoms with van der Waals surface area (Å²) in [4.78, 5) is 3.81. The Kier molecular flexibility index (Phi) is 6.88. The second-order valence-electron chi connectivity index (χ2n) is 15.3. The van der Waals surface area contributed by atoms with Gasteiger partial charge in [-0.3, -0.25) is 0 Å². The molecule has 0 radical (unpaired) electrons. The summed E-state index contributed by atoms with van der Waals surface area (Å²) < 4.78 is 2.37. The van der Waals surface area contributed by atoms with Gasteiger partial charge in [-0.05, 0) is 83.9 Å². The number of H-pyrrole nitrogens is 1. The smallest absolute Gasteiger partial charge is 0.0568 e. The molecule has 57 heavy (non-hydrogen) atoms. The van der Waals surface area contributed by atoms with Crippen LogP contribution in [0.15, 0.2) is 194 Å². The average molecular weight is 725 g/mol. The van der Waals surface area contributed by atoms with Crippen molar-refractivity contribution in [1.29, 1.82) is 0 Å². The Morgan fingerprint density at radius 1 is 0.333 bits per heavy atom. The van der Waals surface area contributed by atoms with Crippen molar-refractivity contribution in [2.75, 3.05) is 0 Å². The van der Waals surface area contributed by atoms with E-state index >= 15 is 0 Å². The van der Waals surface area contributed by atoms with Crippen molar-refractivity contribution in [3.05, 3.63) is 194 Å². The van der Waals surface area contributed by atoms with E-state index in [1.165, 1.54) is 115 Å². The molecule has 2 aromatic heterocycles. The van der Waals surface area contributed by atoms with Gasteiger partial charge in [0.2, 0.25) is 0 Å². The van der Waals surface area contributed by atoms with Gasteiger partial charge in [-0.1, -0.05) is 176 Å². The molecule has 2 heterocycles. The number of nitrogens with zero attached hydrogens (tertiary/aromatic N) is 1. The van der Waals surface area contributed by atoms with Crippen molar-refractivity contribution < 1.29 is 0 Å². The lowest BCUT2D eigenvalue weighted by Gasteiger charge is -2.20. The fraction of sp³-hybridized carbons (Fsp3) is 0.0182. The molecule has 0 fully saturated rings. The fourth-order valence-corrected chi connectivity index (χ4v) is 9.86. The number of para-hydroxylation sites is 4. The van der Waals surface area contributed by atoms with Gasteiger partial charge >= 0.3 is 0 Å². The summed E-state index contributed by atoms with van der Waals surface area (Å²) in [5.41, 5.74) is 14.7. The first-order valence-electron chi connectivity index (χ1n) is 19.8. The molecular formula is C55H36N2. The van der Waals surface area contributed by atoms with Crippen LogP contribution in [0.25, 0.3) is 120 Å². The van der Waals surface area contributed by atoms with Gasteiger partial charge in [0.05, 0.1) is 11.0 Å². The van der Waals surface area contributed by atoms with Crippen LogP contribution in [0.5, 0.6) is 0 Å². The van der Waals surface area contributed by atoms with Gasteiger partial charge in [0.15, 0.2) is 0 Å². The van der Waals surface area contributed by atoms with Crippen LogP contribution in [0.3, 0.4) is 0 Å². The zero-order valence-electron chi connectivity index (χ0n) is 31.4. The van der Waals surface area contributed by atoms with Crippen molar-refractivity contribution in [1.82, 2.24) is 9.55 Å². The monoisotopic (exact) mass is 724 g/mol. The first kappa shape index (κ1) is 31.9. The largest absolute Gasteiger partial charge is 0.354 e. The van der Waals surface area contributed by atoms with E-state index in [0.29, 0.717) is 0 Å². The number of aromatic amines is 1. The van der Waals surface area contributed by atoms with Crippen LogP contribution >= 0.6 is 0 Å². The van der Waals surface area contributed by atoms with E-state index in [0.717, 1.165) is 5.52 Å². The molecule has 2 nitrogen and oxygen atoms in total. The summed E-state index contributed by atoms with van der Waals surface area (Å²) in [6.45, 7) is 0. The third-order valence-corrected chi connectivity index (χ3v) is 12.4. The van der Waals surface area contributed by atoms with Gasteiger partial charge in [-0.15, -0.1) is 0 Å². The Morgan fingerprint density at radius 3 is 1.61 bits per heavy atom. The van der Waals surface area contributed by atoms with Gasteiger partial charge in [-0.2, -0.15) is 0 Å². The maximum Gasteiger partial charge on any atom is 0.0568 e. The summed E-state index contributed by atoms with van der Waals surface area (Å²) in [7, 11) is 2.21. The highest BCUT2D eigenvalue weighted by molar-refractivity contribution is 6.25. The van der Waals surface area contributed by atoms with Crippen LogP contribution in [0, 0.1) is 0 Å². The summed E-state index contributed by atoms with van der Waals surface area (Å²) in [6.07, 6.45) is 0. The van der Waals surface area contributed by atoms with Gasteiger partial charge in [0.1, 0.15) is 0 Å². The summed E-state index contributed by atoms with van der Waals surface area (Å²) in [5.74, 6) is 0. The highest BCUT2D eigenvalue weighted by Crippen LogP contribution is 2.48. The van der Waals surface area contributed by atoms with Crippen LogP contribution in [-0.2, 0) is 7.05 Å². The van der Waals surface area contributed by atoms with Gasteiger partial charge in [0, 0.05) is 50.8 Å². The lowest BCUT2D eigenvalue weighted by atomic mass is 9.84. The van der Waals surface area contributed by atoms with Gasteiger partial charge in [0.25, 0.3) is 0 Å². The third-order valence-electron chi connectivity index (χ3n) is 12.4. The van der Waals surface area contributed by atoms with Crippen LogP contribution < -0.4 is 0 Å². The number of hydrogen-bond donors (Lipinski definition) is 1. The maximum absolute atomic E-state index is 3.81. The number of fused-ring (bicyclic) bond motifs is 9. The Labute approximate surface area is 329 Å². The predicted octanol–water partition coefficient (Wildman–Crippen LogP) is 15.1. The van der Waals surface area contributed by atoms with Crippen LogP contribution in [0.1, 0.15) is 0 Å². The van der Waals surface area contributed by atoms with E-state index in [9.17, 15) is 0 Å². The zero-order valence-corrected chi connectivity index (χ0v) is 31.4. The van der Waals surface area contributed by atoms with E-state index < -0.39 is 0 Å². The molecule has 0 atom stereocenters. The molecule has 10 aromatic carbocycles. The molecule has 0 spiro atoms. The first-order valence-corrected chi connectivity index (χ1v) is 19.8. The normalized spacial score (nSPS) is 11.9. The second kappa shape index (κ2) is 12.3. The number of aryl methyl sites for hydroxylation is 1. The minimum atomic E-state index is 1.15. The molecule has 0 aliphatic rings. The fourth-order valence-electron chi connectivity index (χ4n) is 9.86. The van der Waals surface area contributed by atoms with E-state index in [-0.39, 0.29) is 0 Å². The van der Waals surface area contributed by atoms with Crippen LogP contribution in [0.2, 0.25) is 0 Å². The Hall–Kier alpha value is -7.42. The lowest BCUT2D eigenvalue weighted by Crippen LogP contribution is -1.94. The Morgan fingerprint density at radius 2 is 0.860 bits per heavy atom. The molecule has 0 saturated carbocycles. The molecule has 12 rings (SSSR count). The minimum Gasteiger partial charge on any atom is -0.354 e. The Balaban J connectivity index is 1.23. The predicted molar refractivity (Wildman–Crippen MR) is 244 cm³/mol. The van der Waals surface area contributed by atoms with Crippen molar-refractivity contribution in [3.63, 3.8) is 0 Å². The van der Waals surface area contributed by atoms with Crippen LogP contribution in [-0.4, -0.2) is 9.55 Å². The first-order chi connectivity index (χ1) is 28.2. The molecule has 0 aliphatic heterocycles. The Bertz CT molecular complexity index is 3580. The molecule has 2 heteroatoms. The number of aromatic nitrogens is 2. The van der Waals surface area contributed by atoms with E-state index in [1.807, 2.05) is 0 Å². The zero-order chi connectivity index (χ0) is 37.6. The molecule has 12 aromatic rings. The van der Waals surface area contributed by atoms with E-state index in [2.05, 4.69) is 211 Å². The molecule has 0 unspecified atom stereocenters. The van der Waals surface area contributed by atoms with Crippen molar-refractivity contribution in [2.24, 2.45) is 7.05 Å². The standard InChI is InChI=1S/C55H36N2/c1-57-52-30-10-8-20-41(52)48-28-14-27-47(55(48)57)39-22-12-24-43-50(39)33-49-38(45-25-13-26-46-40-19-7-9-29-51(40)56-54(45)46)21-11-23-42(49)53(43)44-32-31-35(34-15-3-2-4-16-34)36-17-5-6-18-37(36)44/h2-33,56H,1H3. The van der Waals surface area contributed by atoms with Gasteiger partial charge in [-0.25, -0.2) is 0 Å². The molecule has 0 aliphatic carbocycles. The van der Waals surface area contributed by atoms with Crippen LogP contribution in [0.4, 0.5) is 0 Å². The third kappa shape index (κ3) is 4.65. The minimum absolute atomic E-state index is 1.15. The van der Waals surface area contributed by atoms with E-state index in [4.69, 9.17) is 0 Å². The summed E-state index contributed by atoms with van der Waals surface area (Å²) in [6, 6.07) is 71.6. The number of hydrogen-bond acceptors (Lipinski definition) is 0. The number of nitrogens with one attached hydrogen (secondary N) is 1. The van der Waals surface area contributed by atoms with Gasteiger partial charge < -0.3 is 9.55 Å². The average Bonchev–Trinajstić information content (AvgIpc) is 3.80. The van der Waals surface area contributed by atoms with Crippen molar-refractivity contribution >= 4 is 75.9 Å². The number of benzene rings is 10. The summed E-state index contributed by atoms with van der Waals surface area (Å²) >= 11 is 0. The van der Waals surface area contributed by atoms with Crippen molar-refractivity contribution in [2.45, 2.75) is 0 Å².